The van der Waals surface area contributed by atoms with E-state index in [1.165, 1.54) is 12.1 Å². The number of halogens is 1. The van der Waals surface area contributed by atoms with Crippen molar-refractivity contribution in [3.05, 3.63) is 72.2 Å². The molecular formula is C22H23FN4O3. The fourth-order valence-corrected chi connectivity index (χ4v) is 2.61. The number of nitrogens with one attached hydrogen (secondary N) is 2. The molecule has 0 atom stereocenters. The van der Waals surface area contributed by atoms with E-state index in [9.17, 15) is 4.39 Å². The molecule has 0 unspecified atom stereocenters. The van der Waals surface area contributed by atoms with Crippen molar-refractivity contribution in [1.82, 2.24) is 10.3 Å². The Morgan fingerprint density at radius 2 is 1.77 bits per heavy atom. The molecular weight excluding hydrogens is 387 g/mol. The Hall–Kier alpha value is -3.81. The minimum absolute atomic E-state index is 0.313. The summed E-state index contributed by atoms with van der Waals surface area (Å²) in [6, 6.07) is 14.9. The first-order valence-corrected chi connectivity index (χ1v) is 9.19. The van der Waals surface area contributed by atoms with Gasteiger partial charge in [-0.3, -0.25) is 4.99 Å². The zero-order valence-electron chi connectivity index (χ0n) is 17.0. The van der Waals surface area contributed by atoms with Gasteiger partial charge < -0.3 is 24.8 Å². The molecule has 1 aromatic heterocycles. The number of aliphatic imine (C=N–C) groups is 1. The van der Waals surface area contributed by atoms with Crippen LogP contribution in [0.2, 0.25) is 0 Å². The van der Waals surface area contributed by atoms with Crippen LogP contribution >= 0.6 is 0 Å². The molecule has 0 aliphatic carbocycles. The first-order chi connectivity index (χ1) is 14.6. The molecule has 0 fully saturated rings. The van der Waals surface area contributed by atoms with Crippen LogP contribution in [0.4, 0.5) is 10.1 Å². The van der Waals surface area contributed by atoms with Crippen LogP contribution in [-0.2, 0) is 6.54 Å². The summed E-state index contributed by atoms with van der Waals surface area (Å²) in [5, 5.41) is 6.42. The number of methoxy groups -OCH3 is 2. The molecule has 0 saturated heterocycles. The smallest absolute Gasteiger partial charge is 0.219 e. The average Bonchev–Trinajstić information content (AvgIpc) is 2.79. The maximum atomic E-state index is 13.0. The number of hydrogen-bond donors (Lipinski definition) is 2. The third-order valence-corrected chi connectivity index (χ3v) is 4.16. The van der Waals surface area contributed by atoms with Gasteiger partial charge in [-0.2, -0.15) is 0 Å². The van der Waals surface area contributed by atoms with Crippen molar-refractivity contribution >= 4 is 11.6 Å². The Morgan fingerprint density at radius 1 is 1.00 bits per heavy atom. The van der Waals surface area contributed by atoms with Crippen molar-refractivity contribution in [1.29, 1.82) is 0 Å². The molecule has 156 valence electrons. The number of benzene rings is 2. The number of guanidine groups is 1. The summed E-state index contributed by atoms with van der Waals surface area (Å²) in [5.74, 6) is 2.51. The normalized spacial score (nSPS) is 11.0. The number of anilines is 1. The lowest BCUT2D eigenvalue weighted by atomic mass is 10.2. The summed E-state index contributed by atoms with van der Waals surface area (Å²) in [4.78, 5) is 8.50. The van der Waals surface area contributed by atoms with Crippen LogP contribution in [-0.4, -0.2) is 32.2 Å². The molecule has 0 radical (unpaired) electrons. The van der Waals surface area contributed by atoms with E-state index >= 15 is 0 Å². The van der Waals surface area contributed by atoms with E-state index in [0.717, 1.165) is 11.3 Å². The van der Waals surface area contributed by atoms with E-state index < -0.39 is 0 Å². The molecule has 0 saturated carbocycles. The van der Waals surface area contributed by atoms with Gasteiger partial charge in [-0.15, -0.1) is 0 Å². The molecule has 3 rings (SSSR count). The van der Waals surface area contributed by atoms with Gasteiger partial charge in [0.05, 0.1) is 14.2 Å². The van der Waals surface area contributed by atoms with Gasteiger partial charge >= 0.3 is 0 Å². The average molecular weight is 410 g/mol. The fourth-order valence-electron chi connectivity index (χ4n) is 2.61. The predicted molar refractivity (Wildman–Crippen MR) is 114 cm³/mol. The topological polar surface area (TPSA) is 77.0 Å². The zero-order chi connectivity index (χ0) is 21.3. The van der Waals surface area contributed by atoms with Crippen LogP contribution in [0.15, 0.2) is 65.8 Å². The molecule has 0 bridgehead atoms. The highest BCUT2D eigenvalue weighted by molar-refractivity contribution is 5.93. The lowest BCUT2D eigenvalue weighted by Gasteiger charge is -2.14. The maximum absolute atomic E-state index is 13.0. The number of ether oxygens (including phenoxy) is 3. The Morgan fingerprint density at radius 3 is 2.40 bits per heavy atom. The third kappa shape index (κ3) is 5.60. The quantitative estimate of drug-likeness (QED) is 0.449. The highest BCUT2D eigenvalue weighted by Gasteiger charge is 2.07. The molecule has 30 heavy (non-hydrogen) atoms. The number of hydrogen-bond acceptors (Lipinski definition) is 5. The summed E-state index contributed by atoms with van der Waals surface area (Å²) >= 11 is 0. The Balaban J connectivity index is 1.56. The van der Waals surface area contributed by atoms with Gasteiger partial charge in [0, 0.05) is 37.6 Å². The summed E-state index contributed by atoms with van der Waals surface area (Å²) in [7, 11) is 4.87. The molecule has 1 heterocycles. The standard InChI is InChI=1S/C22H23FN4O3/c1-24-22(27-17-7-10-19(28-2)20(12-17)29-3)26-14-15-4-11-21(25-13-15)30-18-8-5-16(23)6-9-18/h4-13H,14H2,1-3H3,(H2,24,26,27). The zero-order valence-corrected chi connectivity index (χ0v) is 17.0. The summed E-state index contributed by atoms with van der Waals surface area (Å²) in [5.41, 5.74) is 1.75. The first kappa shape index (κ1) is 20.9. The number of pyridine rings is 1. The van der Waals surface area contributed by atoms with Crippen LogP contribution in [0.5, 0.6) is 23.1 Å². The van der Waals surface area contributed by atoms with Gasteiger partial charge in [0.15, 0.2) is 17.5 Å². The van der Waals surface area contributed by atoms with Gasteiger partial charge in [0.1, 0.15) is 11.6 Å². The highest BCUT2D eigenvalue weighted by atomic mass is 19.1. The third-order valence-electron chi connectivity index (χ3n) is 4.16. The van der Waals surface area contributed by atoms with Crippen molar-refractivity contribution in [3.63, 3.8) is 0 Å². The molecule has 8 heteroatoms. The van der Waals surface area contributed by atoms with Gasteiger partial charge in [-0.05, 0) is 42.0 Å². The summed E-state index contributed by atoms with van der Waals surface area (Å²) in [6.45, 7) is 0.511. The minimum atomic E-state index is -0.313. The van der Waals surface area contributed by atoms with E-state index in [-0.39, 0.29) is 5.82 Å². The van der Waals surface area contributed by atoms with E-state index in [4.69, 9.17) is 14.2 Å². The molecule has 0 spiro atoms. The molecule has 2 aromatic carbocycles. The van der Waals surface area contributed by atoms with Gasteiger partial charge in [-0.1, -0.05) is 6.07 Å². The molecule has 0 aliphatic heterocycles. The second-order valence-corrected chi connectivity index (χ2v) is 6.18. The second kappa shape index (κ2) is 10.1. The van der Waals surface area contributed by atoms with Crippen molar-refractivity contribution in [2.75, 3.05) is 26.6 Å². The first-order valence-electron chi connectivity index (χ1n) is 9.19. The Labute approximate surface area is 174 Å². The largest absolute Gasteiger partial charge is 0.493 e. The van der Waals surface area contributed by atoms with Crippen LogP contribution < -0.4 is 24.8 Å². The van der Waals surface area contributed by atoms with Crippen LogP contribution in [0, 0.1) is 5.82 Å². The SMILES string of the molecule is CN=C(NCc1ccc(Oc2ccc(F)cc2)nc1)Nc1ccc(OC)c(OC)c1. The van der Waals surface area contributed by atoms with E-state index in [1.54, 1.807) is 45.7 Å². The highest BCUT2D eigenvalue weighted by Crippen LogP contribution is 2.29. The predicted octanol–water partition coefficient (Wildman–Crippen LogP) is 4.22. The van der Waals surface area contributed by atoms with Crippen molar-refractivity contribution in [2.24, 2.45) is 4.99 Å². The molecule has 2 N–H and O–H groups in total. The minimum Gasteiger partial charge on any atom is -0.493 e. The van der Waals surface area contributed by atoms with Crippen molar-refractivity contribution < 1.29 is 18.6 Å². The molecule has 7 nitrogen and oxygen atoms in total. The Kier molecular flexibility index (Phi) is 7.05. The number of aromatic nitrogens is 1. The van der Waals surface area contributed by atoms with E-state index in [0.29, 0.717) is 35.6 Å². The molecule has 0 amide bonds. The van der Waals surface area contributed by atoms with Crippen LogP contribution in [0.3, 0.4) is 0 Å². The van der Waals surface area contributed by atoms with Crippen molar-refractivity contribution in [2.45, 2.75) is 6.54 Å². The van der Waals surface area contributed by atoms with Crippen molar-refractivity contribution in [3.8, 4) is 23.1 Å². The lowest BCUT2D eigenvalue weighted by Crippen LogP contribution is -2.30. The van der Waals surface area contributed by atoms with Gasteiger partial charge in [0.2, 0.25) is 5.88 Å². The Bertz CT molecular complexity index is 992. The van der Waals surface area contributed by atoms with Gasteiger partial charge in [-0.25, -0.2) is 9.37 Å². The fraction of sp³-hybridized carbons (Fsp3) is 0.182. The number of nitrogens with zero attached hydrogens (tertiary/aromatic N) is 2. The van der Waals surface area contributed by atoms with Crippen LogP contribution in [0.25, 0.3) is 0 Å². The lowest BCUT2D eigenvalue weighted by molar-refractivity contribution is 0.355. The van der Waals surface area contributed by atoms with Crippen LogP contribution in [0.1, 0.15) is 5.56 Å². The molecule has 3 aromatic rings. The summed E-state index contributed by atoms with van der Waals surface area (Å²) in [6.07, 6.45) is 1.70. The van der Waals surface area contributed by atoms with Gasteiger partial charge in [0.25, 0.3) is 0 Å². The van der Waals surface area contributed by atoms with E-state index in [2.05, 4.69) is 20.6 Å². The summed E-state index contributed by atoms with van der Waals surface area (Å²) < 4.78 is 29.1. The van der Waals surface area contributed by atoms with E-state index in [1.807, 2.05) is 24.3 Å². The maximum Gasteiger partial charge on any atom is 0.219 e. The monoisotopic (exact) mass is 410 g/mol. The second-order valence-electron chi connectivity index (χ2n) is 6.18. The number of rotatable bonds is 7. The molecule has 0 aliphatic rings.